The van der Waals surface area contributed by atoms with Gasteiger partial charge in [-0.1, -0.05) is 19.9 Å². The molecule has 1 aliphatic heterocycles. The van der Waals surface area contributed by atoms with Crippen LogP contribution in [-0.4, -0.2) is 29.7 Å². The molecule has 0 N–H and O–H groups in total. The number of hydrogen-bond acceptors (Lipinski definition) is 2. The molecule has 19 heavy (non-hydrogen) atoms. The van der Waals surface area contributed by atoms with Gasteiger partial charge in [0.2, 0.25) is 0 Å². The van der Waals surface area contributed by atoms with Gasteiger partial charge in [-0.2, -0.15) is 0 Å². The van der Waals surface area contributed by atoms with E-state index in [1.54, 1.807) is 6.92 Å². The standard InChI is InChI=1S/C12H13F2NO2.C2H6/c1-7-6-15(12(16)17-7)9-3-4-10(13)8(2)11(14)5-9;1-2/h3-5,7,9H,6H2,1-2H3;1-2H3. The van der Waals surface area contributed by atoms with Gasteiger partial charge >= 0.3 is 6.09 Å². The third-order valence-electron chi connectivity index (χ3n) is 2.82. The second-order valence-electron chi connectivity index (χ2n) is 4.18. The zero-order chi connectivity index (χ0) is 14.6. The van der Waals surface area contributed by atoms with Crippen LogP contribution in [-0.2, 0) is 4.74 Å². The molecule has 2 atom stereocenters. The summed E-state index contributed by atoms with van der Waals surface area (Å²) in [7, 11) is 0. The number of allylic oxidation sites excluding steroid dienone is 4. The molecule has 3 nitrogen and oxygen atoms in total. The Morgan fingerprint density at radius 3 is 2.53 bits per heavy atom. The minimum Gasteiger partial charge on any atom is -0.444 e. The monoisotopic (exact) mass is 271 g/mol. The topological polar surface area (TPSA) is 29.5 Å². The third kappa shape index (κ3) is 3.43. The fourth-order valence-electron chi connectivity index (χ4n) is 1.82. The summed E-state index contributed by atoms with van der Waals surface area (Å²) in [5.41, 5.74) is -0.0515. The van der Waals surface area contributed by atoms with Gasteiger partial charge < -0.3 is 4.74 Å². The van der Waals surface area contributed by atoms with Gasteiger partial charge in [0.05, 0.1) is 12.6 Å². The van der Waals surface area contributed by atoms with Crippen molar-refractivity contribution in [1.29, 1.82) is 0 Å². The summed E-state index contributed by atoms with van der Waals surface area (Å²) >= 11 is 0. The summed E-state index contributed by atoms with van der Waals surface area (Å²) < 4.78 is 31.8. The number of hydrogen-bond donors (Lipinski definition) is 0. The molecule has 0 aromatic carbocycles. The highest BCUT2D eigenvalue weighted by atomic mass is 19.1. The molecule has 1 heterocycles. The Morgan fingerprint density at radius 1 is 1.37 bits per heavy atom. The summed E-state index contributed by atoms with van der Waals surface area (Å²) in [6.07, 6.45) is 3.12. The Labute approximate surface area is 112 Å². The number of ether oxygens (including phenoxy) is 1. The van der Waals surface area contributed by atoms with Crippen molar-refractivity contribution in [3.8, 4) is 0 Å². The molecule has 0 bridgehead atoms. The van der Waals surface area contributed by atoms with Crippen molar-refractivity contribution in [1.82, 2.24) is 4.90 Å². The van der Waals surface area contributed by atoms with E-state index in [1.807, 2.05) is 13.8 Å². The second-order valence-corrected chi connectivity index (χ2v) is 4.18. The molecule has 5 heteroatoms. The summed E-state index contributed by atoms with van der Waals surface area (Å²) in [5.74, 6) is -1.27. The average Bonchev–Trinajstić information content (AvgIpc) is 2.67. The van der Waals surface area contributed by atoms with Gasteiger partial charge in [0.15, 0.2) is 0 Å². The number of amides is 1. The van der Waals surface area contributed by atoms with Gasteiger partial charge in [0.1, 0.15) is 17.8 Å². The first kappa shape index (κ1) is 15.4. The molecule has 2 rings (SSSR count). The summed E-state index contributed by atoms with van der Waals surface area (Å²) in [4.78, 5) is 12.8. The predicted octanol–water partition coefficient (Wildman–Crippen LogP) is 3.89. The first-order valence-electron chi connectivity index (χ1n) is 6.38. The van der Waals surface area contributed by atoms with Crippen LogP contribution < -0.4 is 0 Å². The highest BCUT2D eigenvalue weighted by Crippen LogP contribution is 2.25. The molecule has 1 fully saturated rings. The van der Waals surface area contributed by atoms with Crippen LogP contribution in [0.25, 0.3) is 0 Å². The van der Waals surface area contributed by atoms with Gasteiger partial charge in [0, 0.05) is 5.57 Å². The molecule has 2 unspecified atom stereocenters. The van der Waals surface area contributed by atoms with Crippen LogP contribution in [0.4, 0.5) is 13.6 Å². The highest BCUT2D eigenvalue weighted by molar-refractivity contribution is 5.71. The maximum atomic E-state index is 13.6. The van der Waals surface area contributed by atoms with Crippen molar-refractivity contribution >= 4 is 6.09 Å². The van der Waals surface area contributed by atoms with Crippen molar-refractivity contribution in [2.75, 3.05) is 6.54 Å². The minimum atomic E-state index is -0.648. The van der Waals surface area contributed by atoms with E-state index in [0.717, 1.165) is 0 Å². The zero-order valence-corrected chi connectivity index (χ0v) is 11.6. The molecule has 106 valence electrons. The molecule has 0 aromatic heterocycles. The van der Waals surface area contributed by atoms with Crippen LogP contribution in [0.5, 0.6) is 0 Å². The van der Waals surface area contributed by atoms with E-state index in [9.17, 15) is 13.6 Å². The van der Waals surface area contributed by atoms with E-state index in [2.05, 4.69) is 0 Å². The lowest BCUT2D eigenvalue weighted by Crippen LogP contribution is -2.33. The van der Waals surface area contributed by atoms with Crippen molar-refractivity contribution < 1.29 is 18.3 Å². The number of carbonyl (C=O) groups excluding carboxylic acids is 1. The summed E-state index contributed by atoms with van der Waals surface area (Å²) in [6.45, 7) is 7.49. The average molecular weight is 271 g/mol. The van der Waals surface area contributed by atoms with Crippen LogP contribution in [0.2, 0.25) is 0 Å². The Kier molecular flexibility index (Phi) is 5.27. The Morgan fingerprint density at radius 2 is 2.00 bits per heavy atom. The molecule has 2 aliphatic rings. The van der Waals surface area contributed by atoms with Crippen molar-refractivity contribution in [2.45, 2.75) is 39.8 Å². The molecule has 0 radical (unpaired) electrons. The minimum absolute atomic E-state index is 0.0515. The number of rotatable bonds is 1. The van der Waals surface area contributed by atoms with Gasteiger partial charge in [-0.05, 0) is 26.0 Å². The van der Waals surface area contributed by atoms with Gasteiger partial charge in [-0.3, -0.25) is 4.90 Å². The molecule has 0 aromatic rings. The molecule has 1 aliphatic carbocycles. The normalized spacial score (nSPS) is 26.5. The Bertz CT molecular complexity index is 441. The van der Waals surface area contributed by atoms with Crippen LogP contribution in [0.1, 0.15) is 27.7 Å². The van der Waals surface area contributed by atoms with Crippen LogP contribution >= 0.6 is 0 Å². The Balaban J connectivity index is 0.000000861. The lowest BCUT2D eigenvalue weighted by atomic mass is 10.2. The van der Waals surface area contributed by atoms with Crippen LogP contribution in [0.3, 0.4) is 0 Å². The smallest absolute Gasteiger partial charge is 0.410 e. The fourth-order valence-corrected chi connectivity index (χ4v) is 1.82. The van der Waals surface area contributed by atoms with Crippen molar-refractivity contribution in [3.05, 3.63) is 35.5 Å². The third-order valence-corrected chi connectivity index (χ3v) is 2.82. The molecule has 0 spiro atoms. The van der Waals surface area contributed by atoms with Gasteiger partial charge in [-0.15, -0.1) is 0 Å². The van der Waals surface area contributed by atoms with Gasteiger partial charge in [0.25, 0.3) is 0 Å². The summed E-state index contributed by atoms with van der Waals surface area (Å²) in [6, 6.07) is -0.601. The number of halogens is 2. The summed E-state index contributed by atoms with van der Waals surface area (Å²) in [5, 5.41) is 0. The molecular weight excluding hydrogens is 252 g/mol. The van der Waals surface area contributed by atoms with E-state index in [-0.39, 0.29) is 11.7 Å². The van der Waals surface area contributed by atoms with Crippen LogP contribution in [0, 0.1) is 0 Å². The quantitative estimate of drug-likeness (QED) is 0.724. The maximum Gasteiger partial charge on any atom is 0.410 e. The first-order chi connectivity index (χ1) is 8.99. The van der Waals surface area contributed by atoms with E-state index in [4.69, 9.17) is 4.74 Å². The molecule has 1 amide bonds. The maximum absolute atomic E-state index is 13.6. The van der Waals surface area contributed by atoms with Crippen molar-refractivity contribution in [3.63, 3.8) is 0 Å². The predicted molar refractivity (Wildman–Crippen MR) is 69.9 cm³/mol. The highest BCUT2D eigenvalue weighted by Gasteiger charge is 2.32. The molecule has 1 saturated heterocycles. The zero-order valence-electron chi connectivity index (χ0n) is 11.6. The van der Waals surface area contributed by atoms with Crippen molar-refractivity contribution in [2.24, 2.45) is 0 Å². The lowest BCUT2D eigenvalue weighted by Gasteiger charge is -2.18. The SMILES string of the molecule is CC.CC1=C(F)C=CC(N2CC(C)OC2=O)C=C1F. The van der Waals surface area contributed by atoms with Gasteiger partial charge in [-0.25, -0.2) is 13.6 Å². The molecular formula is C14H19F2NO2. The lowest BCUT2D eigenvalue weighted by molar-refractivity contribution is 0.137. The number of carbonyl (C=O) groups is 1. The van der Waals surface area contributed by atoms with E-state index in [1.165, 1.54) is 30.1 Å². The largest absolute Gasteiger partial charge is 0.444 e. The Hall–Kier alpha value is -1.65. The molecule has 0 saturated carbocycles. The van der Waals surface area contributed by atoms with E-state index >= 15 is 0 Å². The van der Waals surface area contributed by atoms with Crippen LogP contribution in [0.15, 0.2) is 35.5 Å². The second kappa shape index (κ2) is 6.50. The van der Waals surface area contributed by atoms with E-state index in [0.29, 0.717) is 6.54 Å². The van der Waals surface area contributed by atoms with E-state index < -0.39 is 23.8 Å². The fraction of sp³-hybridized carbons (Fsp3) is 0.500. The first-order valence-corrected chi connectivity index (χ1v) is 6.38. The number of cyclic esters (lactones) is 1. The number of nitrogens with zero attached hydrogens (tertiary/aromatic N) is 1.